The van der Waals surface area contributed by atoms with Crippen molar-refractivity contribution in [2.24, 2.45) is 0 Å². The molecule has 0 N–H and O–H groups in total. The van der Waals surface area contributed by atoms with Gasteiger partial charge in [-0.25, -0.2) is 0 Å². The van der Waals surface area contributed by atoms with Crippen LogP contribution in [0, 0.1) is 11.3 Å². The molecular weight excluding hydrogens is 212 g/mol. The summed E-state index contributed by atoms with van der Waals surface area (Å²) in [6.07, 6.45) is 3.06. The minimum absolute atomic E-state index is 0.717. The van der Waals surface area contributed by atoms with Gasteiger partial charge in [-0.3, -0.25) is 0 Å². The van der Waals surface area contributed by atoms with Crippen molar-refractivity contribution in [1.82, 2.24) is 4.57 Å². The van der Waals surface area contributed by atoms with E-state index in [1.165, 1.54) is 0 Å². The maximum Gasteiger partial charge on any atom is 0.0998 e. The van der Waals surface area contributed by atoms with Crippen molar-refractivity contribution in [1.29, 1.82) is 5.26 Å². The van der Waals surface area contributed by atoms with Crippen molar-refractivity contribution in [2.45, 2.75) is 19.9 Å². The number of hydrogen-bond donors (Lipinski definition) is 0. The number of fused-ring (bicyclic) bond motifs is 1. The molecule has 0 saturated heterocycles. The maximum absolute atomic E-state index is 9.01. The summed E-state index contributed by atoms with van der Waals surface area (Å²) < 4.78 is 7.61. The summed E-state index contributed by atoms with van der Waals surface area (Å²) in [7, 11) is 0. The predicted octanol–water partition coefficient (Wildman–Crippen LogP) is 2.94. The van der Waals surface area contributed by atoms with Gasteiger partial charge in [0.05, 0.1) is 18.2 Å². The molecule has 0 aliphatic heterocycles. The fourth-order valence-electron chi connectivity index (χ4n) is 1.93. The van der Waals surface area contributed by atoms with Crippen LogP contribution in [-0.2, 0) is 11.3 Å². The van der Waals surface area contributed by atoms with Crippen LogP contribution < -0.4 is 0 Å². The topological polar surface area (TPSA) is 38.0 Å². The van der Waals surface area contributed by atoms with E-state index >= 15 is 0 Å². The lowest BCUT2D eigenvalue weighted by atomic mass is 10.1. The Morgan fingerprint density at radius 2 is 2.18 bits per heavy atom. The Bertz CT molecular complexity index is 537. The Labute approximate surface area is 101 Å². The van der Waals surface area contributed by atoms with Crippen LogP contribution in [0.1, 0.15) is 18.9 Å². The highest BCUT2D eigenvalue weighted by Crippen LogP contribution is 2.19. The van der Waals surface area contributed by atoms with Gasteiger partial charge in [-0.2, -0.15) is 5.26 Å². The second kappa shape index (κ2) is 5.51. The number of nitriles is 1. The summed E-state index contributed by atoms with van der Waals surface area (Å²) in [6, 6.07) is 10.0. The third kappa shape index (κ3) is 2.48. The minimum atomic E-state index is 0.717. The standard InChI is InChI=1S/C14H16N2O/c1-2-9-17-10-8-16-7-6-13-12(11-15)4-3-5-14(13)16/h3-7H,2,8-10H2,1H3. The molecule has 0 bridgehead atoms. The van der Waals surface area contributed by atoms with Crippen molar-refractivity contribution in [3.05, 3.63) is 36.0 Å². The van der Waals surface area contributed by atoms with Crippen molar-refractivity contribution in [2.75, 3.05) is 13.2 Å². The number of aromatic nitrogens is 1. The van der Waals surface area contributed by atoms with Gasteiger partial charge in [0.1, 0.15) is 0 Å². The Morgan fingerprint density at radius 3 is 2.94 bits per heavy atom. The molecule has 0 unspecified atom stereocenters. The number of hydrogen-bond acceptors (Lipinski definition) is 2. The number of benzene rings is 1. The number of ether oxygens (including phenoxy) is 1. The molecule has 17 heavy (non-hydrogen) atoms. The highest BCUT2D eigenvalue weighted by molar-refractivity contribution is 5.85. The number of rotatable bonds is 5. The van der Waals surface area contributed by atoms with Gasteiger partial charge in [-0.1, -0.05) is 13.0 Å². The average Bonchev–Trinajstić information content (AvgIpc) is 2.78. The summed E-state index contributed by atoms with van der Waals surface area (Å²) in [5, 5.41) is 10.0. The van der Waals surface area contributed by atoms with Crippen molar-refractivity contribution < 1.29 is 4.74 Å². The van der Waals surface area contributed by atoms with Gasteiger partial charge >= 0.3 is 0 Å². The van der Waals surface area contributed by atoms with Crippen LogP contribution >= 0.6 is 0 Å². The molecule has 88 valence electrons. The first-order valence-electron chi connectivity index (χ1n) is 5.92. The summed E-state index contributed by atoms with van der Waals surface area (Å²) in [5.74, 6) is 0. The third-order valence-corrected chi connectivity index (χ3v) is 2.76. The minimum Gasteiger partial charge on any atom is -0.380 e. The van der Waals surface area contributed by atoms with Gasteiger partial charge < -0.3 is 9.30 Å². The quantitative estimate of drug-likeness (QED) is 0.738. The van der Waals surface area contributed by atoms with Gasteiger partial charge in [0.15, 0.2) is 0 Å². The van der Waals surface area contributed by atoms with Crippen LogP contribution in [0.3, 0.4) is 0 Å². The molecule has 0 fully saturated rings. The first-order chi connectivity index (χ1) is 8.36. The second-order valence-electron chi connectivity index (χ2n) is 3.97. The molecule has 0 spiro atoms. The molecule has 1 heterocycles. The molecule has 3 heteroatoms. The van der Waals surface area contributed by atoms with E-state index in [4.69, 9.17) is 10.00 Å². The molecule has 0 saturated carbocycles. The van der Waals surface area contributed by atoms with Crippen LogP contribution in [0.25, 0.3) is 10.9 Å². The molecule has 0 amide bonds. The van der Waals surface area contributed by atoms with Crippen LogP contribution in [-0.4, -0.2) is 17.8 Å². The van der Waals surface area contributed by atoms with Crippen LogP contribution in [0.5, 0.6) is 0 Å². The summed E-state index contributed by atoms with van der Waals surface area (Å²) >= 11 is 0. The summed E-state index contributed by atoms with van der Waals surface area (Å²) in [5.41, 5.74) is 1.83. The molecule has 0 atom stereocenters. The predicted molar refractivity (Wildman–Crippen MR) is 67.8 cm³/mol. The van der Waals surface area contributed by atoms with Gasteiger partial charge in [-0.05, 0) is 24.6 Å². The Kier molecular flexibility index (Phi) is 3.79. The highest BCUT2D eigenvalue weighted by atomic mass is 16.5. The van der Waals surface area contributed by atoms with E-state index in [1.54, 1.807) is 0 Å². The van der Waals surface area contributed by atoms with Gasteiger partial charge in [0.25, 0.3) is 0 Å². The first-order valence-corrected chi connectivity index (χ1v) is 5.92. The fraction of sp³-hybridized carbons (Fsp3) is 0.357. The van der Waals surface area contributed by atoms with E-state index in [-0.39, 0.29) is 0 Å². The van der Waals surface area contributed by atoms with Crippen LogP contribution in [0.2, 0.25) is 0 Å². The van der Waals surface area contributed by atoms with Crippen molar-refractivity contribution >= 4 is 10.9 Å². The molecule has 1 aromatic carbocycles. The zero-order chi connectivity index (χ0) is 12.1. The fourth-order valence-corrected chi connectivity index (χ4v) is 1.93. The smallest absolute Gasteiger partial charge is 0.0998 e. The molecular formula is C14H16N2O. The summed E-state index contributed by atoms with van der Waals surface area (Å²) in [6.45, 7) is 4.46. The lowest BCUT2D eigenvalue weighted by Crippen LogP contribution is -2.05. The molecule has 1 aromatic heterocycles. The van der Waals surface area contributed by atoms with Gasteiger partial charge in [0, 0.05) is 30.3 Å². The lowest BCUT2D eigenvalue weighted by Gasteiger charge is -2.06. The lowest BCUT2D eigenvalue weighted by molar-refractivity contribution is 0.127. The zero-order valence-electron chi connectivity index (χ0n) is 10.0. The van der Waals surface area contributed by atoms with E-state index < -0.39 is 0 Å². The first kappa shape index (κ1) is 11.7. The average molecular weight is 228 g/mol. The van der Waals surface area contributed by atoms with Gasteiger partial charge in [-0.15, -0.1) is 0 Å². The van der Waals surface area contributed by atoms with Gasteiger partial charge in [0.2, 0.25) is 0 Å². The van der Waals surface area contributed by atoms with Crippen molar-refractivity contribution in [3.8, 4) is 6.07 Å². The van der Waals surface area contributed by atoms with Crippen molar-refractivity contribution in [3.63, 3.8) is 0 Å². The Morgan fingerprint density at radius 1 is 1.29 bits per heavy atom. The van der Waals surface area contributed by atoms with E-state index in [1.807, 2.05) is 30.5 Å². The molecule has 0 aliphatic rings. The normalized spacial score (nSPS) is 10.6. The Balaban J connectivity index is 2.17. The highest BCUT2D eigenvalue weighted by Gasteiger charge is 2.04. The number of nitrogens with zero attached hydrogens (tertiary/aromatic N) is 2. The van der Waals surface area contributed by atoms with E-state index in [0.29, 0.717) is 6.61 Å². The molecule has 0 radical (unpaired) electrons. The van der Waals surface area contributed by atoms with Crippen LogP contribution in [0.15, 0.2) is 30.5 Å². The maximum atomic E-state index is 9.01. The molecule has 0 aliphatic carbocycles. The monoisotopic (exact) mass is 228 g/mol. The summed E-state index contributed by atoms with van der Waals surface area (Å²) in [4.78, 5) is 0. The van der Waals surface area contributed by atoms with E-state index in [9.17, 15) is 0 Å². The second-order valence-corrected chi connectivity index (χ2v) is 3.97. The Hall–Kier alpha value is -1.79. The molecule has 3 nitrogen and oxygen atoms in total. The largest absolute Gasteiger partial charge is 0.380 e. The zero-order valence-corrected chi connectivity index (χ0v) is 10.0. The molecule has 2 rings (SSSR count). The van der Waals surface area contributed by atoms with Crippen LogP contribution in [0.4, 0.5) is 0 Å². The van der Waals surface area contributed by atoms with E-state index in [0.717, 1.165) is 36.0 Å². The third-order valence-electron chi connectivity index (χ3n) is 2.76. The van der Waals surface area contributed by atoms with E-state index in [2.05, 4.69) is 17.6 Å². The SMILES string of the molecule is CCCOCCn1ccc2c(C#N)cccc21. The molecule has 2 aromatic rings.